The van der Waals surface area contributed by atoms with Crippen molar-refractivity contribution in [3.8, 4) is 0 Å². The lowest BCUT2D eigenvalue weighted by molar-refractivity contribution is 0.158. The van der Waals surface area contributed by atoms with Crippen LogP contribution in [0.15, 0.2) is 0 Å². The fourth-order valence-corrected chi connectivity index (χ4v) is 3.65. The summed E-state index contributed by atoms with van der Waals surface area (Å²) < 4.78 is 0. The molecule has 2 aliphatic heterocycles. The number of likely N-dealkylation sites (tertiary alicyclic amines) is 1. The SMILES string of the molecule is CCNCC(C)(C)CN1CCC2CCC(C1)N2C. The molecule has 106 valence electrons. The number of nitrogens with zero attached hydrogens (tertiary/aromatic N) is 2. The minimum atomic E-state index is 0.387. The molecule has 0 spiro atoms. The van der Waals surface area contributed by atoms with Crippen molar-refractivity contribution in [2.45, 2.75) is 52.1 Å². The van der Waals surface area contributed by atoms with Crippen LogP contribution in [0.3, 0.4) is 0 Å². The molecule has 0 aromatic rings. The van der Waals surface area contributed by atoms with Crippen LogP contribution >= 0.6 is 0 Å². The standard InChI is InChI=1S/C15H31N3/c1-5-16-11-15(2,3)12-18-9-8-13-6-7-14(10-18)17(13)4/h13-14,16H,5-12H2,1-4H3. The molecular weight excluding hydrogens is 222 g/mol. The van der Waals surface area contributed by atoms with Crippen molar-refractivity contribution in [1.82, 2.24) is 15.1 Å². The molecule has 2 aliphatic rings. The number of nitrogens with one attached hydrogen (secondary N) is 1. The van der Waals surface area contributed by atoms with Gasteiger partial charge in [0.15, 0.2) is 0 Å². The second kappa shape index (κ2) is 5.89. The van der Waals surface area contributed by atoms with Gasteiger partial charge in [-0.1, -0.05) is 20.8 Å². The van der Waals surface area contributed by atoms with Crippen LogP contribution in [0.4, 0.5) is 0 Å². The molecule has 2 fully saturated rings. The molecule has 2 atom stereocenters. The maximum atomic E-state index is 3.50. The zero-order valence-electron chi connectivity index (χ0n) is 12.7. The average molecular weight is 253 g/mol. The molecule has 1 N–H and O–H groups in total. The van der Waals surface area contributed by atoms with Crippen LogP contribution in [0.5, 0.6) is 0 Å². The van der Waals surface area contributed by atoms with Crippen LogP contribution in [0.25, 0.3) is 0 Å². The van der Waals surface area contributed by atoms with Crippen LogP contribution in [0.1, 0.15) is 40.0 Å². The lowest BCUT2D eigenvalue weighted by Gasteiger charge is -2.34. The normalized spacial score (nSPS) is 30.7. The Labute approximate surface area is 113 Å². The Hall–Kier alpha value is -0.120. The molecule has 2 heterocycles. The summed E-state index contributed by atoms with van der Waals surface area (Å²) in [7, 11) is 2.33. The van der Waals surface area contributed by atoms with Crippen LogP contribution in [0.2, 0.25) is 0 Å². The van der Waals surface area contributed by atoms with Crippen LogP contribution < -0.4 is 5.32 Å². The van der Waals surface area contributed by atoms with E-state index < -0.39 is 0 Å². The predicted molar refractivity (Wildman–Crippen MR) is 78.0 cm³/mol. The first kappa shape index (κ1) is 14.3. The number of hydrogen-bond acceptors (Lipinski definition) is 3. The van der Waals surface area contributed by atoms with Crippen molar-refractivity contribution in [3.05, 3.63) is 0 Å². The van der Waals surface area contributed by atoms with Crippen molar-refractivity contribution in [2.24, 2.45) is 5.41 Å². The summed E-state index contributed by atoms with van der Waals surface area (Å²) in [6.07, 6.45) is 4.20. The molecule has 18 heavy (non-hydrogen) atoms. The minimum absolute atomic E-state index is 0.387. The van der Waals surface area contributed by atoms with E-state index in [0.29, 0.717) is 5.41 Å². The smallest absolute Gasteiger partial charge is 0.0223 e. The molecular formula is C15H31N3. The summed E-state index contributed by atoms with van der Waals surface area (Å²) in [5, 5.41) is 3.50. The van der Waals surface area contributed by atoms with Gasteiger partial charge in [-0.3, -0.25) is 4.90 Å². The molecule has 0 saturated carbocycles. The fourth-order valence-electron chi connectivity index (χ4n) is 3.65. The zero-order valence-corrected chi connectivity index (χ0v) is 12.7. The van der Waals surface area contributed by atoms with E-state index in [1.54, 1.807) is 0 Å². The van der Waals surface area contributed by atoms with Crippen molar-refractivity contribution in [2.75, 3.05) is 39.8 Å². The van der Waals surface area contributed by atoms with Gasteiger partial charge in [0.05, 0.1) is 0 Å². The van der Waals surface area contributed by atoms with Crippen molar-refractivity contribution < 1.29 is 0 Å². The molecule has 0 amide bonds. The van der Waals surface area contributed by atoms with Crippen LogP contribution in [0, 0.1) is 5.41 Å². The van der Waals surface area contributed by atoms with Crippen molar-refractivity contribution >= 4 is 0 Å². The summed E-state index contributed by atoms with van der Waals surface area (Å²) in [6.45, 7) is 13.0. The predicted octanol–water partition coefficient (Wildman–Crippen LogP) is 1.79. The Bertz CT molecular complexity index is 264. The maximum absolute atomic E-state index is 3.50. The van der Waals surface area contributed by atoms with E-state index in [1.807, 2.05) is 0 Å². The quantitative estimate of drug-likeness (QED) is 0.806. The van der Waals surface area contributed by atoms with Gasteiger partial charge in [-0.15, -0.1) is 0 Å². The summed E-state index contributed by atoms with van der Waals surface area (Å²) in [6, 6.07) is 1.67. The van der Waals surface area contributed by atoms with Gasteiger partial charge in [-0.2, -0.15) is 0 Å². The third-order valence-corrected chi connectivity index (χ3v) is 4.74. The Balaban J connectivity index is 1.86. The summed E-state index contributed by atoms with van der Waals surface area (Å²) in [4.78, 5) is 5.34. The molecule has 0 aliphatic carbocycles. The molecule has 2 unspecified atom stereocenters. The molecule has 2 saturated heterocycles. The van der Waals surface area contributed by atoms with Gasteiger partial charge < -0.3 is 10.2 Å². The van der Waals surface area contributed by atoms with E-state index in [1.165, 1.54) is 38.9 Å². The van der Waals surface area contributed by atoms with Gasteiger partial charge >= 0.3 is 0 Å². The van der Waals surface area contributed by atoms with E-state index >= 15 is 0 Å². The highest BCUT2D eigenvalue weighted by molar-refractivity contribution is 4.92. The van der Waals surface area contributed by atoms with Crippen molar-refractivity contribution in [1.29, 1.82) is 0 Å². The average Bonchev–Trinajstić information content (AvgIpc) is 2.55. The van der Waals surface area contributed by atoms with Gasteiger partial charge in [0.1, 0.15) is 0 Å². The molecule has 3 heteroatoms. The van der Waals surface area contributed by atoms with Gasteiger partial charge in [-0.25, -0.2) is 0 Å². The highest BCUT2D eigenvalue weighted by Gasteiger charge is 2.35. The summed E-state index contributed by atoms with van der Waals surface area (Å²) in [5.74, 6) is 0. The third-order valence-electron chi connectivity index (χ3n) is 4.74. The first-order chi connectivity index (χ1) is 8.52. The van der Waals surface area contributed by atoms with Gasteiger partial charge in [0, 0.05) is 31.7 Å². The number of likely N-dealkylation sites (N-methyl/N-ethyl adjacent to an activating group) is 1. The Morgan fingerprint density at radius 1 is 1.17 bits per heavy atom. The third kappa shape index (κ3) is 3.46. The van der Waals surface area contributed by atoms with Crippen molar-refractivity contribution in [3.63, 3.8) is 0 Å². The molecule has 2 bridgehead atoms. The molecule has 0 radical (unpaired) electrons. The van der Waals surface area contributed by atoms with E-state index in [2.05, 4.69) is 42.9 Å². The van der Waals surface area contributed by atoms with Gasteiger partial charge in [0.2, 0.25) is 0 Å². The topological polar surface area (TPSA) is 18.5 Å². The van der Waals surface area contributed by atoms with E-state index in [-0.39, 0.29) is 0 Å². The first-order valence-corrected chi connectivity index (χ1v) is 7.67. The second-order valence-corrected chi connectivity index (χ2v) is 7.02. The van der Waals surface area contributed by atoms with E-state index in [4.69, 9.17) is 0 Å². The Morgan fingerprint density at radius 3 is 2.61 bits per heavy atom. The highest BCUT2D eigenvalue weighted by Crippen LogP contribution is 2.29. The summed E-state index contributed by atoms with van der Waals surface area (Å²) in [5.41, 5.74) is 0.387. The largest absolute Gasteiger partial charge is 0.316 e. The zero-order chi connectivity index (χ0) is 13.2. The van der Waals surface area contributed by atoms with E-state index in [0.717, 1.165) is 25.2 Å². The lowest BCUT2D eigenvalue weighted by atomic mass is 9.92. The summed E-state index contributed by atoms with van der Waals surface area (Å²) >= 11 is 0. The van der Waals surface area contributed by atoms with Crippen LogP contribution in [-0.4, -0.2) is 61.7 Å². The van der Waals surface area contributed by atoms with Gasteiger partial charge in [0.25, 0.3) is 0 Å². The number of rotatable bonds is 5. The first-order valence-electron chi connectivity index (χ1n) is 7.67. The maximum Gasteiger partial charge on any atom is 0.0223 e. The molecule has 3 nitrogen and oxygen atoms in total. The fraction of sp³-hybridized carbons (Fsp3) is 1.00. The number of fused-ring (bicyclic) bond motifs is 2. The molecule has 2 rings (SSSR count). The van der Waals surface area contributed by atoms with Gasteiger partial charge in [-0.05, 0) is 44.8 Å². The van der Waals surface area contributed by atoms with Crippen LogP contribution in [-0.2, 0) is 0 Å². The highest BCUT2D eigenvalue weighted by atomic mass is 15.3. The molecule has 0 aromatic heterocycles. The Kier molecular flexibility index (Phi) is 4.68. The number of hydrogen-bond donors (Lipinski definition) is 1. The van der Waals surface area contributed by atoms with E-state index in [9.17, 15) is 0 Å². The monoisotopic (exact) mass is 253 g/mol. The second-order valence-electron chi connectivity index (χ2n) is 7.02. The lowest BCUT2D eigenvalue weighted by Crippen LogP contribution is -2.44. The Morgan fingerprint density at radius 2 is 1.89 bits per heavy atom. The molecule has 0 aromatic carbocycles. The minimum Gasteiger partial charge on any atom is -0.316 e.